The Hall–Kier alpha value is -2.93. The highest BCUT2D eigenvalue weighted by molar-refractivity contribution is 6.05. The number of phenolic OH excluding ortho intramolecular Hbond substituents is 2. The molecule has 1 aliphatic heterocycles. The van der Waals surface area contributed by atoms with E-state index in [4.69, 9.17) is 14.2 Å². The summed E-state index contributed by atoms with van der Waals surface area (Å²) >= 11 is 0. The molecule has 3 N–H and O–H groups in total. The van der Waals surface area contributed by atoms with Crippen LogP contribution in [0, 0.1) is 0 Å². The van der Waals surface area contributed by atoms with Crippen molar-refractivity contribution in [3.8, 4) is 28.7 Å². The van der Waals surface area contributed by atoms with Crippen molar-refractivity contribution < 1.29 is 34.3 Å². The van der Waals surface area contributed by atoms with Gasteiger partial charge in [0, 0.05) is 12.1 Å². The predicted molar refractivity (Wildman–Crippen MR) is 83.0 cm³/mol. The Balaban J connectivity index is 2.08. The first-order valence-electron chi connectivity index (χ1n) is 7.13. The van der Waals surface area contributed by atoms with Crippen LogP contribution in [0.2, 0.25) is 0 Å². The number of hydrogen-bond acceptors (Lipinski definition) is 7. The number of Topliss-reactive ketones (excluding diaryl/α,β-unsaturated/α-hetero) is 1. The maximum absolute atomic E-state index is 12.5. The Kier molecular flexibility index (Phi) is 3.94. The number of hydrogen-bond donors (Lipinski definition) is 3. The summed E-state index contributed by atoms with van der Waals surface area (Å²) in [5.74, 6) is -0.357. The smallest absolute Gasteiger partial charge is 0.202 e. The number of aromatic hydroxyl groups is 2. The number of benzene rings is 2. The van der Waals surface area contributed by atoms with E-state index in [1.807, 2.05) is 0 Å². The molecule has 0 bridgehead atoms. The van der Waals surface area contributed by atoms with Crippen molar-refractivity contribution >= 4 is 5.78 Å². The highest BCUT2D eigenvalue weighted by atomic mass is 16.5. The van der Waals surface area contributed by atoms with Crippen LogP contribution in [0.1, 0.15) is 22.0 Å². The van der Waals surface area contributed by atoms with E-state index in [-0.39, 0.29) is 34.3 Å². The third kappa shape index (κ3) is 2.48. The Morgan fingerprint density at radius 1 is 1.04 bits per heavy atom. The van der Waals surface area contributed by atoms with E-state index in [2.05, 4.69) is 0 Å². The number of methoxy groups -OCH3 is 2. The van der Waals surface area contributed by atoms with Gasteiger partial charge >= 0.3 is 0 Å². The van der Waals surface area contributed by atoms with Gasteiger partial charge in [-0.25, -0.2) is 0 Å². The van der Waals surface area contributed by atoms with Crippen molar-refractivity contribution in [1.82, 2.24) is 0 Å². The normalized spacial score (nSPS) is 19.4. The Bertz CT molecular complexity index is 800. The van der Waals surface area contributed by atoms with Gasteiger partial charge in [0.15, 0.2) is 23.7 Å². The van der Waals surface area contributed by atoms with E-state index in [0.29, 0.717) is 5.56 Å². The van der Waals surface area contributed by atoms with Crippen LogP contribution in [-0.2, 0) is 0 Å². The van der Waals surface area contributed by atoms with Gasteiger partial charge in [-0.1, -0.05) is 6.07 Å². The van der Waals surface area contributed by atoms with Gasteiger partial charge in [-0.05, 0) is 17.7 Å². The zero-order chi connectivity index (χ0) is 17.4. The van der Waals surface area contributed by atoms with E-state index in [0.717, 1.165) is 0 Å². The number of aliphatic hydroxyl groups is 1. The summed E-state index contributed by atoms with van der Waals surface area (Å²) in [6.07, 6.45) is -2.48. The lowest BCUT2D eigenvalue weighted by atomic mass is 9.92. The molecule has 0 unspecified atom stereocenters. The summed E-state index contributed by atoms with van der Waals surface area (Å²) in [5.41, 5.74) is 0.517. The van der Waals surface area contributed by atoms with Gasteiger partial charge in [0.2, 0.25) is 5.78 Å². The van der Waals surface area contributed by atoms with E-state index < -0.39 is 18.0 Å². The number of ether oxygens (including phenoxy) is 3. The zero-order valence-corrected chi connectivity index (χ0v) is 13.0. The first-order valence-corrected chi connectivity index (χ1v) is 7.13. The molecule has 2 aromatic carbocycles. The van der Waals surface area contributed by atoms with Gasteiger partial charge in [0.25, 0.3) is 0 Å². The van der Waals surface area contributed by atoms with Crippen LogP contribution in [0.5, 0.6) is 28.7 Å². The second-order valence-corrected chi connectivity index (χ2v) is 5.30. The molecule has 2 aromatic rings. The minimum Gasteiger partial charge on any atom is -0.508 e. The van der Waals surface area contributed by atoms with Gasteiger partial charge < -0.3 is 29.5 Å². The Morgan fingerprint density at radius 3 is 2.42 bits per heavy atom. The fourth-order valence-corrected chi connectivity index (χ4v) is 2.68. The third-order valence-electron chi connectivity index (χ3n) is 3.86. The quantitative estimate of drug-likeness (QED) is 0.787. The lowest BCUT2D eigenvalue weighted by molar-refractivity contribution is 0.0209. The summed E-state index contributed by atoms with van der Waals surface area (Å²) in [7, 11) is 2.74. The van der Waals surface area contributed by atoms with Gasteiger partial charge in [0.05, 0.1) is 14.2 Å². The maximum Gasteiger partial charge on any atom is 0.202 e. The highest BCUT2D eigenvalue weighted by Crippen LogP contribution is 2.43. The highest BCUT2D eigenvalue weighted by Gasteiger charge is 2.39. The number of fused-ring (bicyclic) bond motifs is 1. The van der Waals surface area contributed by atoms with E-state index in [1.165, 1.54) is 44.6 Å². The summed E-state index contributed by atoms with van der Waals surface area (Å²) in [4.78, 5) is 12.5. The minimum atomic E-state index is -1.47. The summed E-state index contributed by atoms with van der Waals surface area (Å²) in [6.45, 7) is 0. The fourth-order valence-electron chi connectivity index (χ4n) is 2.68. The van der Waals surface area contributed by atoms with Crippen LogP contribution < -0.4 is 14.2 Å². The second-order valence-electron chi connectivity index (χ2n) is 5.30. The second kappa shape index (κ2) is 5.93. The monoisotopic (exact) mass is 332 g/mol. The molecule has 2 atom stereocenters. The molecule has 0 radical (unpaired) electrons. The first kappa shape index (κ1) is 15.9. The van der Waals surface area contributed by atoms with Crippen molar-refractivity contribution in [1.29, 1.82) is 0 Å². The number of ketones is 1. The summed E-state index contributed by atoms with van der Waals surface area (Å²) in [5, 5.41) is 29.8. The van der Waals surface area contributed by atoms with E-state index in [1.54, 1.807) is 0 Å². The summed E-state index contributed by atoms with van der Waals surface area (Å²) < 4.78 is 15.8. The molecule has 7 nitrogen and oxygen atoms in total. The lowest BCUT2D eigenvalue weighted by Crippen LogP contribution is -2.36. The number of aliphatic hydroxyl groups excluding tert-OH is 1. The van der Waals surface area contributed by atoms with Crippen LogP contribution >= 0.6 is 0 Å². The first-order chi connectivity index (χ1) is 11.5. The van der Waals surface area contributed by atoms with Crippen molar-refractivity contribution in [2.24, 2.45) is 0 Å². The molecule has 0 aromatic heterocycles. The van der Waals surface area contributed by atoms with Crippen LogP contribution in [0.25, 0.3) is 0 Å². The molecule has 0 fully saturated rings. The zero-order valence-electron chi connectivity index (χ0n) is 13.0. The molecule has 0 amide bonds. The van der Waals surface area contributed by atoms with Crippen molar-refractivity contribution in [2.75, 3.05) is 14.2 Å². The van der Waals surface area contributed by atoms with Crippen LogP contribution in [-0.4, -0.2) is 41.4 Å². The molecule has 1 aliphatic rings. The van der Waals surface area contributed by atoms with Crippen LogP contribution in [0.15, 0.2) is 30.3 Å². The van der Waals surface area contributed by atoms with Gasteiger partial charge in [-0.15, -0.1) is 0 Å². The minimum absolute atomic E-state index is 0.0717. The molecular formula is C17H16O7. The molecule has 24 heavy (non-hydrogen) atoms. The van der Waals surface area contributed by atoms with Gasteiger partial charge in [-0.2, -0.15) is 0 Å². The number of phenols is 2. The van der Waals surface area contributed by atoms with Gasteiger partial charge in [-0.3, -0.25) is 4.79 Å². The molecule has 7 heteroatoms. The largest absolute Gasteiger partial charge is 0.508 e. The molecule has 1 heterocycles. The van der Waals surface area contributed by atoms with Gasteiger partial charge in [0.1, 0.15) is 22.8 Å². The number of carbonyl (C=O) groups excluding carboxylic acids is 1. The molecule has 0 spiro atoms. The van der Waals surface area contributed by atoms with Crippen LogP contribution in [0.4, 0.5) is 0 Å². The predicted octanol–water partition coefficient (Wildman–Crippen LogP) is 1.79. The van der Waals surface area contributed by atoms with Crippen LogP contribution in [0.3, 0.4) is 0 Å². The maximum atomic E-state index is 12.5. The third-order valence-corrected chi connectivity index (χ3v) is 3.86. The van der Waals surface area contributed by atoms with E-state index >= 15 is 0 Å². The molecule has 126 valence electrons. The fraction of sp³-hybridized carbons (Fsp3) is 0.235. The van der Waals surface area contributed by atoms with Crippen molar-refractivity contribution in [3.05, 3.63) is 41.5 Å². The SMILES string of the molecule is COc1cc([C@H]2Oc3cc(O)cc(OC)c3C(=O)[C@@H]2O)ccc1O. The van der Waals surface area contributed by atoms with Crippen molar-refractivity contribution in [2.45, 2.75) is 12.2 Å². The Morgan fingerprint density at radius 2 is 1.75 bits per heavy atom. The number of carbonyl (C=O) groups is 1. The molecular weight excluding hydrogens is 316 g/mol. The average Bonchev–Trinajstić information content (AvgIpc) is 2.57. The average molecular weight is 332 g/mol. The molecule has 0 saturated carbocycles. The van der Waals surface area contributed by atoms with E-state index in [9.17, 15) is 20.1 Å². The summed E-state index contributed by atoms with van der Waals surface area (Å²) in [6, 6.07) is 6.93. The molecule has 0 aliphatic carbocycles. The Labute approximate surface area is 137 Å². The van der Waals surface area contributed by atoms with Crippen molar-refractivity contribution in [3.63, 3.8) is 0 Å². The topological polar surface area (TPSA) is 105 Å². The number of rotatable bonds is 3. The standard InChI is InChI=1S/C17H16O7/c1-22-11-5-8(3-4-10(11)19)17-16(21)15(20)14-12(23-2)6-9(18)7-13(14)24-17/h3-7,16-19,21H,1-2H3/t16-,17+/m0/s1. The molecule has 0 saturated heterocycles. The molecule has 3 rings (SSSR count). The lowest BCUT2D eigenvalue weighted by Gasteiger charge is -2.30.